The van der Waals surface area contributed by atoms with Crippen molar-refractivity contribution in [3.63, 3.8) is 0 Å². The summed E-state index contributed by atoms with van der Waals surface area (Å²) in [6.45, 7) is 4.05. The summed E-state index contributed by atoms with van der Waals surface area (Å²) < 4.78 is 28.2. The standard InChI is InChI=1S/C12H19N3O2S/c1-2-14-10-12(8-11(14)9-13)18(16,17)15-6-4-3-5-7-15/h3-4,8,10H,2,5-7,9,13H2,1H3. The van der Waals surface area contributed by atoms with Crippen molar-refractivity contribution in [3.05, 3.63) is 30.1 Å². The van der Waals surface area contributed by atoms with E-state index in [9.17, 15) is 8.42 Å². The number of nitrogens with two attached hydrogens (primary N) is 1. The third-order valence-corrected chi connectivity index (χ3v) is 5.00. The molecule has 0 aromatic carbocycles. The number of sulfonamides is 1. The predicted octanol–water partition coefficient (Wildman–Crippen LogP) is 0.917. The molecule has 100 valence electrons. The van der Waals surface area contributed by atoms with Crippen molar-refractivity contribution in [2.45, 2.75) is 31.3 Å². The highest BCUT2D eigenvalue weighted by atomic mass is 32.2. The molecule has 0 atom stereocenters. The van der Waals surface area contributed by atoms with Gasteiger partial charge in [0, 0.05) is 38.1 Å². The van der Waals surface area contributed by atoms with Gasteiger partial charge in [0.25, 0.3) is 0 Å². The van der Waals surface area contributed by atoms with Gasteiger partial charge in [0.05, 0.1) is 0 Å². The minimum Gasteiger partial charge on any atom is -0.349 e. The Morgan fingerprint density at radius 1 is 1.39 bits per heavy atom. The second kappa shape index (κ2) is 5.26. The number of rotatable bonds is 4. The van der Waals surface area contributed by atoms with E-state index in [1.54, 1.807) is 12.3 Å². The van der Waals surface area contributed by atoms with Crippen molar-refractivity contribution in [1.82, 2.24) is 8.87 Å². The molecule has 0 saturated heterocycles. The van der Waals surface area contributed by atoms with Crippen LogP contribution in [0.15, 0.2) is 29.3 Å². The molecule has 0 amide bonds. The van der Waals surface area contributed by atoms with Gasteiger partial charge >= 0.3 is 0 Å². The van der Waals surface area contributed by atoms with Gasteiger partial charge in [-0.2, -0.15) is 4.31 Å². The molecular formula is C12H19N3O2S. The number of hydrogen-bond donors (Lipinski definition) is 1. The Labute approximate surface area is 108 Å². The van der Waals surface area contributed by atoms with Crippen LogP contribution in [0.1, 0.15) is 19.0 Å². The van der Waals surface area contributed by atoms with Gasteiger partial charge in [-0.05, 0) is 19.4 Å². The van der Waals surface area contributed by atoms with Crippen LogP contribution in [0.3, 0.4) is 0 Å². The monoisotopic (exact) mass is 269 g/mol. The van der Waals surface area contributed by atoms with E-state index >= 15 is 0 Å². The van der Waals surface area contributed by atoms with E-state index in [-0.39, 0.29) is 0 Å². The van der Waals surface area contributed by atoms with Crippen molar-refractivity contribution in [1.29, 1.82) is 0 Å². The van der Waals surface area contributed by atoms with Gasteiger partial charge in [-0.25, -0.2) is 8.42 Å². The van der Waals surface area contributed by atoms with Crippen LogP contribution >= 0.6 is 0 Å². The Morgan fingerprint density at radius 3 is 2.67 bits per heavy atom. The third-order valence-electron chi connectivity index (χ3n) is 3.17. The van der Waals surface area contributed by atoms with Gasteiger partial charge in [0.1, 0.15) is 4.90 Å². The Hall–Kier alpha value is -1.11. The summed E-state index contributed by atoms with van der Waals surface area (Å²) in [6.07, 6.45) is 6.35. The summed E-state index contributed by atoms with van der Waals surface area (Å²) in [7, 11) is -3.38. The van der Waals surface area contributed by atoms with Crippen molar-refractivity contribution in [2.24, 2.45) is 5.73 Å². The summed E-state index contributed by atoms with van der Waals surface area (Å²) in [5.41, 5.74) is 6.47. The van der Waals surface area contributed by atoms with Crippen LogP contribution in [0, 0.1) is 0 Å². The van der Waals surface area contributed by atoms with E-state index in [0.717, 1.165) is 18.7 Å². The van der Waals surface area contributed by atoms with Crippen molar-refractivity contribution >= 4 is 10.0 Å². The average Bonchev–Trinajstić information content (AvgIpc) is 2.83. The smallest absolute Gasteiger partial charge is 0.244 e. The van der Waals surface area contributed by atoms with Crippen LogP contribution in [-0.4, -0.2) is 30.4 Å². The first-order chi connectivity index (χ1) is 8.59. The molecule has 0 aliphatic carbocycles. The minimum atomic E-state index is -3.38. The molecule has 0 fully saturated rings. The summed E-state index contributed by atoms with van der Waals surface area (Å²) >= 11 is 0. The number of aromatic nitrogens is 1. The second-order valence-corrected chi connectivity index (χ2v) is 6.22. The third kappa shape index (κ3) is 2.36. The minimum absolute atomic E-state index is 0.347. The normalized spacial score (nSPS) is 17.2. The van der Waals surface area contributed by atoms with E-state index < -0.39 is 10.0 Å². The fourth-order valence-electron chi connectivity index (χ4n) is 2.12. The Balaban J connectivity index is 2.34. The number of aryl methyl sites for hydroxylation is 1. The summed E-state index contributed by atoms with van der Waals surface area (Å²) in [6, 6.07) is 1.68. The molecule has 0 spiro atoms. The zero-order valence-electron chi connectivity index (χ0n) is 10.5. The lowest BCUT2D eigenvalue weighted by atomic mass is 10.3. The first-order valence-corrected chi connectivity index (χ1v) is 7.58. The van der Waals surface area contributed by atoms with E-state index in [4.69, 9.17) is 5.73 Å². The molecule has 0 bridgehead atoms. The topological polar surface area (TPSA) is 68.3 Å². The molecule has 0 radical (unpaired) electrons. The van der Waals surface area contributed by atoms with Gasteiger partial charge < -0.3 is 10.3 Å². The molecule has 2 rings (SSSR count). The largest absolute Gasteiger partial charge is 0.349 e. The molecule has 1 aromatic rings. The lowest BCUT2D eigenvalue weighted by Crippen LogP contribution is -2.33. The molecule has 18 heavy (non-hydrogen) atoms. The van der Waals surface area contributed by atoms with Crippen LogP contribution in [0.4, 0.5) is 0 Å². The van der Waals surface area contributed by atoms with Crippen LogP contribution in [-0.2, 0) is 23.1 Å². The van der Waals surface area contributed by atoms with Gasteiger partial charge in [-0.1, -0.05) is 12.2 Å². The first-order valence-electron chi connectivity index (χ1n) is 6.14. The highest BCUT2D eigenvalue weighted by molar-refractivity contribution is 7.89. The quantitative estimate of drug-likeness (QED) is 0.826. The number of hydrogen-bond acceptors (Lipinski definition) is 3. The maximum atomic E-state index is 12.4. The number of nitrogens with zero attached hydrogens (tertiary/aromatic N) is 2. The SMILES string of the molecule is CCn1cc(S(=O)(=O)N2CC=CCC2)cc1CN. The fraction of sp³-hybridized carbons (Fsp3) is 0.500. The molecule has 0 unspecified atom stereocenters. The van der Waals surface area contributed by atoms with Crippen molar-refractivity contribution in [2.75, 3.05) is 13.1 Å². The molecule has 1 aliphatic rings. The summed E-state index contributed by atoms with van der Waals surface area (Å²) in [5.74, 6) is 0. The first kappa shape index (κ1) is 13.3. The van der Waals surface area contributed by atoms with Crippen LogP contribution in [0.25, 0.3) is 0 Å². The Bertz CT molecular complexity index is 524. The zero-order valence-corrected chi connectivity index (χ0v) is 11.4. The van der Waals surface area contributed by atoms with Gasteiger partial charge in [0.2, 0.25) is 10.0 Å². The maximum absolute atomic E-state index is 12.4. The fourth-order valence-corrected chi connectivity index (χ4v) is 3.59. The van der Waals surface area contributed by atoms with E-state index in [2.05, 4.69) is 0 Å². The van der Waals surface area contributed by atoms with E-state index in [1.807, 2.05) is 23.6 Å². The molecule has 1 aliphatic heterocycles. The lowest BCUT2D eigenvalue weighted by molar-refractivity contribution is 0.437. The molecule has 2 heterocycles. The highest BCUT2D eigenvalue weighted by Gasteiger charge is 2.26. The maximum Gasteiger partial charge on any atom is 0.244 e. The highest BCUT2D eigenvalue weighted by Crippen LogP contribution is 2.20. The molecule has 2 N–H and O–H groups in total. The van der Waals surface area contributed by atoms with Gasteiger partial charge in [0.15, 0.2) is 0 Å². The van der Waals surface area contributed by atoms with Crippen molar-refractivity contribution in [3.8, 4) is 0 Å². The Kier molecular flexibility index (Phi) is 3.89. The van der Waals surface area contributed by atoms with Gasteiger partial charge in [-0.3, -0.25) is 0 Å². The summed E-state index contributed by atoms with van der Waals surface area (Å²) in [5, 5.41) is 0. The van der Waals surface area contributed by atoms with Gasteiger partial charge in [-0.15, -0.1) is 0 Å². The van der Waals surface area contributed by atoms with Crippen molar-refractivity contribution < 1.29 is 8.42 Å². The molecule has 6 heteroatoms. The summed E-state index contributed by atoms with van der Waals surface area (Å²) in [4.78, 5) is 0.347. The molecule has 5 nitrogen and oxygen atoms in total. The van der Waals surface area contributed by atoms with Crippen LogP contribution < -0.4 is 5.73 Å². The lowest BCUT2D eigenvalue weighted by Gasteiger charge is -2.21. The predicted molar refractivity (Wildman–Crippen MR) is 70.5 cm³/mol. The molecular weight excluding hydrogens is 250 g/mol. The average molecular weight is 269 g/mol. The van der Waals surface area contributed by atoms with Crippen LogP contribution in [0.5, 0.6) is 0 Å². The molecule has 1 aromatic heterocycles. The Morgan fingerprint density at radius 2 is 2.17 bits per heavy atom. The van der Waals surface area contributed by atoms with E-state index in [1.165, 1.54) is 4.31 Å². The second-order valence-electron chi connectivity index (χ2n) is 4.28. The van der Waals surface area contributed by atoms with E-state index in [0.29, 0.717) is 24.5 Å². The zero-order chi connectivity index (χ0) is 13.2. The molecule has 0 saturated carbocycles. The van der Waals surface area contributed by atoms with Crippen LogP contribution in [0.2, 0.25) is 0 Å².